The van der Waals surface area contributed by atoms with Gasteiger partial charge in [-0.15, -0.1) is 0 Å². The van der Waals surface area contributed by atoms with Crippen LogP contribution >= 0.6 is 0 Å². The van der Waals surface area contributed by atoms with Crippen LogP contribution in [0.15, 0.2) is 24.3 Å². The van der Waals surface area contributed by atoms with Crippen LogP contribution in [0.1, 0.15) is 218 Å². The van der Waals surface area contributed by atoms with Gasteiger partial charge in [0.15, 0.2) is 0 Å². The maximum Gasteiger partial charge on any atom is 0.0320 e. The fourth-order valence-electron chi connectivity index (χ4n) is 6.64. The Morgan fingerprint density at radius 1 is 0.405 bits per heavy atom. The van der Waals surface area contributed by atoms with Crippen molar-refractivity contribution < 1.29 is 0 Å². The SMILES string of the molecule is CCCCCCCCCCCCCCC(NCC)c1cccc(C(CCCCCCCCCCCCCC)NCC)c1. The van der Waals surface area contributed by atoms with Crippen molar-refractivity contribution >= 4 is 0 Å². The van der Waals surface area contributed by atoms with Crippen LogP contribution < -0.4 is 10.6 Å². The van der Waals surface area contributed by atoms with Crippen LogP contribution in [0.25, 0.3) is 0 Å². The highest BCUT2D eigenvalue weighted by Crippen LogP contribution is 2.27. The van der Waals surface area contributed by atoms with Crippen molar-refractivity contribution in [1.29, 1.82) is 0 Å². The van der Waals surface area contributed by atoms with Crippen LogP contribution in [-0.4, -0.2) is 13.1 Å². The molecule has 2 heteroatoms. The molecule has 0 saturated carbocycles. The summed E-state index contributed by atoms with van der Waals surface area (Å²) in [6, 6.07) is 10.5. The molecule has 1 aromatic rings. The summed E-state index contributed by atoms with van der Waals surface area (Å²) in [5.74, 6) is 0. The third kappa shape index (κ3) is 21.8. The lowest BCUT2D eigenvalue weighted by molar-refractivity contribution is 0.465. The molecule has 0 spiro atoms. The van der Waals surface area contributed by atoms with Gasteiger partial charge >= 0.3 is 0 Å². The summed E-state index contributed by atoms with van der Waals surface area (Å²) in [6.07, 6.45) is 36.6. The largest absolute Gasteiger partial charge is 0.310 e. The Balaban J connectivity index is 2.31. The van der Waals surface area contributed by atoms with E-state index >= 15 is 0 Å². The molecule has 0 bridgehead atoms. The van der Waals surface area contributed by atoms with Crippen LogP contribution in [0.3, 0.4) is 0 Å². The van der Waals surface area contributed by atoms with E-state index in [1.165, 1.54) is 178 Å². The number of nitrogens with one attached hydrogen (secondary N) is 2. The van der Waals surface area contributed by atoms with E-state index in [1.807, 2.05) is 0 Å². The molecule has 0 aliphatic rings. The van der Waals surface area contributed by atoms with Gasteiger partial charge in [0.05, 0.1) is 0 Å². The topological polar surface area (TPSA) is 24.1 Å². The number of hydrogen-bond donors (Lipinski definition) is 2. The maximum absolute atomic E-state index is 3.81. The quantitative estimate of drug-likeness (QED) is 0.0823. The van der Waals surface area contributed by atoms with Crippen molar-refractivity contribution in [3.05, 3.63) is 35.4 Å². The zero-order chi connectivity index (χ0) is 30.4. The Labute approximate surface area is 265 Å². The highest BCUT2D eigenvalue weighted by Gasteiger charge is 2.15. The Hall–Kier alpha value is -0.860. The monoisotopic (exact) mass is 585 g/mol. The van der Waals surface area contributed by atoms with Crippen LogP contribution in [0.5, 0.6) is 0 Å². The summed E-state index contributed by atoms with van der Waals surface area (Å²) in [5.41, 5.74) is 2.99. The summed E-state index contributed by atoms with van der Waals surface area (Å²) in [6.45, 7) is 11.2. The van der Waals surface area contributed by atoms with E-state index in [0.29, 0.717) is 12.1 Å². The van der Waals surface area contributed by atoms with Crippen molar-refractivity contribution in [1.82, 2.24) is 10.6 Å². The summed E-state index contributed by atoms with van der Waals surface area (Å²) in [7, 11) is 0. The smallest absolute Gasteiger partial charge is 0.0320 e. The zero-order valence-corrected chi connectivity index (χ0v) is 29.3. The Morgan fingerprint density at radius 3 is 0.976 bits per heavy atom. The minimum atomic E-state index is 0.493. The van der Waals surface area contributed by atoms with Gasteiger partial charge in [0, 0.05) is 12.1 Å². The van der Waals surface area contributed by atoms with Gasteiger partial charge in [0.2, 0.25) is 0 Å². The fraction of sp³-hybridized carbons (Fsp3) is 0.850. The first-order chi connectivity index (χ1) is 20.8. The molecule has 0 fully saturated rings. The highest BCUT2D eigenvalue weighted by molar-refractivity contribution is 5.28. The molecule has 0 amide bonds. The van der Waals surface area contributed by atoms with Gasteiger partial charge < -0.3 is 10.6 Å². The maximum atomic E-state index is 3.81. The van der Waals surface area contributed by atoms with E-state index < -0.39 is 0 Å². The first kappa shape index (κ1) is 39.2. The highest BCUT2D eigenvalue weighted by atomic mass is 14.9. The second-order valence-electron chi connectivity index (χ2n) is 13.2. The van der Waals surface area contributed by atoms with E-state index in [2.05, 4.69) is 62.6 Å². The minimum absolute atomic E-state index is 0.493. The number of rotatable bonds is 32. The van der Waals surface area contributed by atoms with Gasteiger partial charge in [-0.1, -0.05) is 206 Å². The summed E-state index contributed by atoms with van der Waals surface area (Å²) in [5, 5.41) is 7.62. The molecule has 0 aliphatic heterocycles. The van der Waals surface area contributed by atoms with Crippen molar-refractivity contribution in [2.24, 2.45) is 0 Å². The van der Waals surface area contributed by atoms with Crippen LogP contribution in [0, 0.1) is 0 Å². The predicted octanol–water partition coefficient (Wildman–Crippen LogP) is 13.2. The minimum Gasteiger partial charge on any atom is -0.310 e. The lowest BCUT2D eigenvalue weighted by atomic mass is 9.93. The van der Waals surface area contributed by atoms with Crippen molar-refractivity contribution in [3.63, 3.8) is 0 Å². The molecule has 0 aliphatic carbocycles. The molecule has 246 valence electrons. The lowest BCUT2D eigenvalue weighted by Crippen LogP contribution is -2.23. The van der Waals surface area contributed by atoms with E-state index in [1.54, 1.807) is 0 Å². The summed E-state index contributed by atoms with van der Waals surface area (Å²) >= 11 is 0. The van der Waals surface area contributed by atoms with Gasteiger partial charge in [-0.25, -0.2) is 0 Å². The molecule has 2 N–H and O–H groups in total. The first-order valence-electron chi connectivity index (χ1n) is 19.3. The Kier molecular flexibility index (Phi) is 28.1. The Morgan fingerprint density at radius 2 is 0.690 bits per heavy atom. The first-order valence-corrected chi connectivity index (χ1v) is 19.3. The molecule has 1 rings (SSSR count). The summed E-state index contributed by atoms with van der Waals surface area (Å²) in [4.78, 5) is 0. The predicted molar refractivity (Wildman–Crippen MR) is 191 cm³/mol. The van der Waals surface area contributed by atoms with Crippen LogP contribution in [0.2, 0.25) is 0 Å². The second-order valence-corrected chi connectivity index (χ2v) is 13.2. The van der Waals surface area contributed by atoms with E-state index in [4.69, 9.17) is 0 Å². The lowest BCUT2D eigenvalue weighted by Gasteiger charge is -2.23. The molecule has 2 nitrogen and oxygen atoms in total. The molecule has 0 aromatic heterocycles. The molecule has 1 aromatic carbocycles. The van der Waals surface area contributed by atoms with Gasteiger partial charge in [-0.3, -0.25) is 0 Å². The standard InChI is InChI=1S/C40H76N2/c1-5-9-11-13-15-17-19-21-23-25-27-29-34-39(41-7-3)37-32-31-33-38(36-37)40(42-8-4)35-30-28-26-24-22-20-18-16-14-12-10-6-2/h31-33,36,39-42H,5-30,34-35H2,1-4H3. The third-order valence-electron chi connectivity index (χ3n) is 9.31. The molecule has 0 saturated heterocycles. The number of unbranched alkanes of at least 4 members (excludes halogenated alkanes) is 22. The fourth-order valence-corrected chi connectivity index (χ4v) is 6.64. The third-order valence-corrected chi connectivity index (χ3v) is 9.31. The van der Waals surface area contributed by atoms with E-state index in [0.717, 1.165) is 13.1 Å². The van der Waals surface area contributed by atoms with Gasteiger partial charge in [0.1, 0.15) is 0 Å². The van der Waals surface area contributed by atoms with Crippen LogP contribution in [-0.2, 0) is 0 Å². The van der Waals surface area contributed by atoms with Crippen molar-refractivity contribution in [2.45, 2.75) is 207 Å². The number of hydrogen-bond acceptors (Lipinski definition) is 2. The van der Waals surface area contributed by atoms with E-state index in [9.17, 15) is 0 Å². The van der Waals surface area contributed by atoms with E-state index in [-0.39, 0.29) is 0 Å². The average molecular weight is 585 g/mol. The van der Waals surface area contributed by atoms with Crippen LogP contribution in [0.4, 0.5) is 0 Å². The normalized spacial score (nSPS) is 13.0. The second kappa shape index (κ2) is 30.2. The zero-order valence-electron chi connectivity index (χ0n) is 29.3. The Bertz CT molecular complexity index is 618. The molecular weight excluding hydrogens is 508 g/mol. The van der Waals surface area contributed by atoms with Gasteiger partial charge in [-0.05, 0) is 37.1 Å². The van der Waals surface area contributed by atoms with Crippen molar-refractivity contribution in [2.75, 3.05) is 13.1 Å². The van der Waals surface area contributed by atoms with Gasteiger partial charge in [0.25, 0.3) is 0 Å². The van der Waals surface area contributed by atoms with Crippen molar-refractivity contribution in [3.8, 4) is 0 Å². The molecule has 2 unspecified atom stereocenters. The average Bonchev–Trinajstić information content (AvgIpc) is 3.01. The molecule has 2 atom stereocenters. The molecule has 0 heterocycles. The van der Waals surface area contributed by atoms with Gasteiger partial charge in [-0.2, -0.15) is 0 Å². The molecular formula is C40H76N2. The molecule has 42 heavy (non-hydrogen) atoms. The number of benzene rings is 1. The molecule has 0 radical (unpaired) electrons. The summed E-state index contributed by atoms with van der Waals surface area (Å²) < 4.78 is 0.